The molecule has 0 aliphatic rings. The van der Waals surface area contributed by atoms with Crippen molar-refractivity contribution >= 4 is 71.3 Å². The summed E-state index contributed by atoms with van der Waals surface area (Å²) in [4.78, 5) is 13.4. The molecule has 0 radical (unpaired) electrons. The standard InChI is InChI=1S/C15H28ClN5S4/c1-9(2)22-20(23-10(3)4)14-17-13(16)18-15(19-14)21(24-11(5)6)25-12(7)8/h9-12H,1-8H3. The summed E-state index contributed by atoms with van der Waals surface area (Å²) in [5, 5.41) is 1.87. The first-order valence-electron chi connectivity index (χ1n) is 8.27. The molecule has 1 aromatic heterocycles. The van der Waals surface area contributed by atoms with Crippen molar-refractivity contribution < 1.29 is 0 Å². The van der Waals surface area contributed by atoms with Crippen LogP contribution in [0.4, 0.5) is 11.9 Å². The molecule has 0 N–H and O–H groups in total. The number of rotatable bonds is 10. The van der Waals surface area contributed by atoms with Crippen LogP contribution in [0.25, 0.3) is 0 Å². The van der Waals surface area contributed by atoms with Gasteiger partial charge in [0.2, 0.25) is 5.28 Å². The molecule has 0 fully saturated rings. The van der Waals surface area contributed by atoms with Gasteiger partial charge >= 0.3 is 0 Å². The smallest absolute Gasteiger partial charge is 0.224 e. The fourth-order valence-electron chi connectivity index (χ4n) is 1.50. The van der Waals surface area contributed by atoms with Gasteiger partial charge in [0.25, 0.3) is 11.9 Å². The van der Waals surface area contributed by atoms with E-state index in [-0.39, 0.29) is 5.28 Å². The Morgan fingerprint density at radius 3 is 1.12 bits per heavy atom. The maximum Gasteiger partial charge on any atom is 0.252 e. The number of halogens is 1. The molecule has 10 heteroatoms. The van der Waals surface area contributed by atoms with Crippen LogP contribution in [0.3, 0.4) is 0 Å². The van der Waals surface area contributed by atoms with Gasteiger partial charge in [-0.1, -0.05) is 55.4 Å². The van der Waals surface area contributed by atoms with Crippen molar-refractivity contribution in [3.8, 4) is 0 Å². The van der Waals surface area contributed by atoms with Crippen LogP contribution in [-0.2, 0) is 0 Å². The molecule has 1 heterocycles. The average molecular weight is 442 g/mol. The summed E-state index contributed by atoms with van der Waals surface area (Å²) < 4.78 is 4.09. The van der Waals surface area contributed by atoms with Crippen LogP contribution in [0.15, 0.2) is 0 Å². The minimum Gasteiger partial charge on any atom is -0.224 e. The number of hydrogen-bond donors (Lipinski definition) is 0. The van der Waals surface area contributed by atoms with Crippen LogP contribution >= 0.6 is 59.4 Å². The maximum atomic E-state index is 6.23. The zero-order valence-electron chi connectivity index (χ0n) is 16.1. The second-order valence-electron chi connectivity index (χ2n) is 6.34. The first-order valence-corrected chi connectivity index (χ1v) is 12.0. The van der Waals surface area contributed by atoms with Crippen molar-refractivity contribution in [1.82, 2.24) is 15.0 Å². The first kappa shape index (κ1) is 23.3. The molecule has 0 spiro atoms. The molecule has 0 saturated carbocycles. The van der Waals surface area contributed by atoms with Crippen molar-refractivity contribution in [2.24, 2.45) is 0 Å². The molecule has 144 valence electrons. The van der Waals surface area contributed by atoms with Crippen LogP contribution in [0, 0.1) is 0 Å². The predicted octanol–water partition coefficient (Wildman–Crippen LogP) is 6.36. The lowest BCUT2D eigenvalue weighted by molar-refractivity contribution is 1.03. The van der Waals surface area contributed by atoms with E-state index in [9.17, 15) is 0 Å². The topological polar surface area (TPSA) is 45.2 Å². The molecule has 0 amide bonds. The Bertz CT molecular complexity index is 468. The van der Waals surface area contributed by atoms with Gasteiger partial charge in [-0.2, -0.15) is 15.0 Å². The van der Waals surface area contributed by atoms with Crippen molar-refractivity contribution in [3.63, 3.8) is 0 Å². The third-order valence-corrected chi connectivity index (χ3v) is 6.44. The van der Waals surface area contributed by atoms with E-state index in [1.54, 1.807) is 47.8 Å². The van der Waals surface area contributed by atoms with E-state index in [1.165, 1.54) is 0 Å². The molecule has 25 heavy (non-hydrogen) atoms. The molecule has 0 bridgehead atoms. The Kier molecular flexibility index (Phi) is 10.5. The molecule has 0 saturated heterocycles. The SMILES string of the molecule is CC(C)SN(SC(C)C)c1nc(Cl)nc(N(SC(C)C)SC(C)C)n1. The van der Waals surface area contributed by atoms with Gasteiger partial charge in [-0.25, -0.2) is 7.42 Å². The summed E-state index contributed by atoms with van der Waals surface area (Å²) >= 11 is 13.0. The third kappa shape index (κ3) is 9.17. The largest absolute Gasteiger partial charge is 0.252 e. The molecular weight excluding hydrogens is 414 g/mol. The zero-order valence-corrected chi connectivity index (χ0v) is 20.1. The average Bonchev–Trinajstić information content (AvgIpc) is 2.43. The Morgan fingerprint density at radius 2 is 0.880 bits per heavy atom. The van der Waals surface area contributed by atoms with Gasteiger partial charge in [-0.3, -0.25) is 0 Å². The lowest BCUT2D eigenvalue weighted by atomic mass is 10.6. The summed E-state index contributed by atoms with van der Waals surface area (Å²) in [6.07, 6.45) is 0. The number of hydrogen-bond acceptors (Lipinski definition) is 9. The molecule has 1 aromatic rings. The van der Waals surface area contributed by atoms with Crippen LogP contribution in [-0.4, -0.2) is 36.0 Å². The fourth-order valence-corrected chi connectivity index (χ4v) is 6.35. The summed E-state index contributed by atoms with van der Waals surface area (Å²) in [5.41, 5.74) is 0. The van der Waals surface area contributed by atoms with Crippen LogP contribution in [0.5, 0.6) is 0 Å². The highest BCUT2D eigenvalue weighted by molar-refractivity contribution is 8.19. The Labute approximate surface area is 174 Å². The lowest BCUT2D eigenvalue weighted by Gasteiger charge is -2.26. The summed E-state index contributed by atoms with van der Waals surface area (Å²) in [6, 6.07) is 0. The Hall–Kier alpha value is 0.300. The number of aromatic nitrogens is 3. The van der Waals surface area contributed by atoms with E-state index in [1.807, 2.05) is 7.42 Å². The normalized spacial score (nSPS) is 11.9. The third-order valence-electron chi connectivity index (χ3n) is 2.14. The molecule has 0 atom stereocenters. The van der Waals surface area contributed by atoms with E-state index in [0.29, 0.717) is 32.9 Å². The minimum absolute atomic E-state index is 0.220. The van der Waals surface area contributed by atoms with Crippen LogP contribution in [0.1, 0.15) is 55.4 Å². The second kappa shape index (κ2) is 11.2. The first-order chi connectivity index (χ1) is 11.6. The number of anilines is 2. The molecule has 1 rings (SSSR count). The number of nitrogens with zero attached hydrogens (tertiary/aromatic N) is 5. The van der Waals surface area contributed by atoms with Gasteiger partial charge < -0.3 is 0 Å². The molecule has 0 aromatic carbocycles. The van der Waals surface area contributed by atoms with Gasteiger partial charge in [-0.05, 0) is 59.4 Å². The van der Waals surface area contributed by atoms with E-state index in [4.69, 9.17) is 16.6 Å². The predicted molar refractivity (Wildman–Crippen MR) is 121 cm³/mol. The zero-order chi connectivity index (χ0) is 19.1. The summed E-state index contributed by atoms with van der Waals surface area (Å²) in [7, 11) is 0. The Balaban J connectivity index is 3.20. The van der Waals surface area contributed by atoms with Crippen molar-refractivity contribution in [2.45, 2.75) is 76.4 Å². The second-order valence-corrected chi connectivity index (χ2v) is 13.2. The highest BCUT2D eigenvalue weighted by Crippen LogP contribution is 2.37. The van der Waals surface area contributed by atoms with Gasteiger partial charge in [0.05, 0.1) is 0 Å². The lowest BCUT2D eigenvalue weighted by Crippen LogP contribution is -2.19. The molecule has 5 nitrogen and oxygen atoms in total. The van der Waals surface area contributed by atoms with Crippen molar-refractivity contribution in [2.75, 3.05) is 7.42 Å². The van der Waals surface area contributed by atoms with E-state index >= 15 is 0 Å². The molecule has 0 unspecified atom stereocenters. The van der Waals surface area contributed by atoms with Gasteiger partial charge in [-0.15, -0.1) is 0 Å². The quantitative estimate of drug-likeness (QED) is 0.385. The highest BCUT2D eigenvalue weighted by atomic mass is 35.5. The van der Waals surface area contributed by atoms with E-state index in [0.717, 1.165) is 0 Å². The maximum absolute atomic E-state index is 6.23. The van der Waals surface area contributed by atoms with E-state index < -0.39 is 0 Å². The van der Waals surface area contributed by atoms with Crippen LogP contribution < -0.4 is 7.42 Å². The molecule has 0 aliphatic heterocycles. The Morgan fingerprint density at radius 1 is 0.600 bits per heavy atom. The molecule has 0 aliphatic carbocycles. The van der Waals surface area contributed by atoms with Crippen LogP contribution in [0.2, 0.25) is 5.28 Å². The van der Waals surface area contributed by atoms with Gasteiger partial charge in [0.15, 0.2) is 0 Å². The van der Waals surface area contributed by atoms with Crippen molar-refractivity contribution in [3.05, 3.63) is 5.28 Å². The van der Waals surface area contributed by atoms with Gasteiger partial charge in [0, 0.05) is 21.0 Å². The van der Waals surface area contributed by atoms with E-state index in [2.05, 4.69) is 65.4 Å². The monoisotopic (exact) mass is 441 g/mol. The van der Waals surface area contributed by atoms with Crippen molar-refractivity contribution in [1.29, 1.82) is 0 Å². The minimum atomic E-state index is 0.220. The van der Waals surface area contributed by atoms with Gasteiger partial charge in [0.1, 0.15) is 0 Å². The summed E-state index contributed by atoms with van der Waals surface area (Å²) in [5.74, 6) is 1.18. The highest BCUT2D eigenvalue weighted by Gasteiger charge is 2.22. The summed E-state index contributed by atoms with van der Waals surface area (Å²) in [6.45, 7) is 17.2. The fraction of sp³-hybridized carbons (Fsp3) is 0.800. The molecular formula is C15H28ClN5S4.